The van der Waals surface area contributed by atoms with Gasteiger partial charge in [0.05, 0.1) is 4.92 Å². The number of halogens is 1. The Morgan fingerprint density at radius 3 is 2.78 bits per heavy atom. The van der Waals surface area contributed by atoms with Crippen LogP contribution in [0.4, 0.5) is 5.69 Å². The van der Waals surface area contributed by atoms with E-state index in [1.54, 1.807) is 0 Å². The van der Waals surface area contributed by atoms with Gasteiger partial charge in [0, 0.05) is 62.8 Å². The summed E-state index contributed by atoms with van der Waals surface area (Å²) in [6.45, 7) is 4.23. The summed E-state index contributed by atoms with van der Waals surface area (Å²) in [5, 5.41) is 14.5. The molecule has 0 radical (unpaired) electrons. The zero-order valence-corrected chi connectivity index (χ0v) is 13.9. The fourth-order valence-corrected chi connectivity index (χ4v) is 2.70. The van der Waals surface area contributed by atoms with Crippen molar-refractivity contribution in [3.8, 4) is 0 Å². The Balaban J connectivity index is 1.86. The van der Waals surface area contributed by atoms with E-state index in [4.69, 9.17) is 11.6 Å². The van der Waals surface area contributed by atoms with Gasteiger partial charge in [-0.15, -0.1) is 0 Å². The summed E-state index contributed by atoms with van der Waals surface area (Å²) < 4.78 is 0. The zero-order valence-electron chi connectivity index (χ0n) is 13.1. The Morgan fingerprint density at radius 1 is 1.43 bits per heavy atom. The van der Waals surface area contributed by atoms with E-state index in [0.717, 1.165) is 26.2 Å². The van der Waals surface area contributed by atoms with Gasteiger partial charge in [0.2, 0.25) is 5.91 Å². The van der Waals surface area contributed by atoms with E-state index >= 15 is 0 Å². The molecule has 23 heavy (non-hydrogen) atoms. The molecule has 8 heteroatoms. The fraction of sp³-hybridized carbons (Fsp3) is 0.533. The molecule has 0 bridgehead atoms. The average Bonchev–Trinajstić information content (AvgIpc) is 2.55. The lowest BCUT2D eigenvalue weighted by molar-refractivity contribution is -0.384. The number of rotatable bonds is 6. The van der Waals surface area contributed by atoms with Gasteiger partial charge in [0.1, 0.15) is 0 Å². The molecular weight excluding hydrogens is 320 g/mol. The van der Waals surface area contributed by atoms with Gasteiger partial charge < -0.3 is 15.1 Å². The molecule has 1 fully saturated rings. The van der Waals surface area contributed by atoms with Crippen LogP contribution in [0.15, 0.2) is 18.2 Å². The van der Waals surface area contributed by atoms with Crippen LogP contribution in [0.1, 0.15) is 12.0 Å². The molecule has 7 nitrogen and oxygen atoms in total. The highest BCUT2D eigenvalue weighted by Crippen LogP contribution is 2.23. The van der Waals surface area contributed by atoms with Gasteiger partial charge in [0.25, 0.3) is 5.69 Å². The highest BCUT2D eigenvalue weighted by molar-refractivity contribution is 6.31. The second-order valence-electron chi connectivity index (χ2n) is 5.65. The zero-order chi connectivity index (χ0) is 16.8. The minimum atomic E-state index is -0.437. The monoisotopic (exact) mass is 340 g/mol. The van der Waals surface area contributed by atoms with Crippen molar-refractivity contribution >= 4 is 23.2 Å². The lowest BCUT2D eigenvalue weighted by Crippen LogP contribution is -2.47. The molecule has 1 aromatic rings. The standard InChI is InChI=1S/C15H21ClN4O3/c1-18(7-4-15(21)19-8-5-17-6-9-19)11-12-10-13(20(22)23)2-3-14(12)16/h2-3,10,17H,4-9,11H2,1H3. The molecule has 1 aliphatic heterocycles. The molecular formula is C15H21ClN4O3. The second-order valence-corrected chi connectivity index (χ2v) is 6.06. The topological polar surface area (TPSA) is 78.7 Å². The minimum absolute atomic E-state index is 0.0229. The molecule has 1 N–H and O–H groups in total. The molecule has 126 valence electrons. The van der Waals surface area contributed by atoms with Crippen LogP contribution < -0.4 is 5.32 Å². The molecule has 0 unspecified atom stereocenters. The maximum absolute atomic E-state index is 12.1. The van der Waals surface area contributed by atoms with Crippen molar-refractivity contribution in [3.63, 3.8) is 0 Å². The predicted molar refractivity (Wildman–Crippen MR) is 88.5 cm³/mol. The molecule has 0 saturated carbocycles. The molecule has 0 aliphatic carbocycles. The largest absolute Gasteiger partial charge is 0.340 e. The minimum Gasteiger partial charge on any atom is -0.340 e. The number of nitrogens with zero attached hydrogens (tertiary/aromatic N) is 3. The van der Waals surface area contributed by atoms with Gasteiger partial charge in [-0.25, -0.2) is 0 Å². The molecule has 0 atom stereocenters. The van der Waals surface area contributed by atoms with Crippen LogP contribution in [0, 0.1) is 10.1 Å². The molecule has 0 spiro atoms. The number of hydrogen-bond acceptors (Lipinski definition) is 5. The number of nitro groups is 1. The Labute approximate surface area is 140 Å². The number of nitrogens with one attached hydrogen (secondary N) is 1. The van der Waals surface area contributed by atoms with Gasteiger partial charge in [-0.2, -0.15) is 0 Å². The average molecular weight is 341 g/mol. The van der Waals surface area contributed by atoms with Gasteiger partial charge >= 0.3 is 0 Å². The summed E-state index contributed by atoms with van der Waals surface area (Å²) in [6.07, 6.45) is 0.434. The lowest BCUT2D eigenvalue weighted by atomic mass is 10.2. The van der Waals surface area contributed by atoms with E-state index in [1.807, 2.05) is 16.8 Å². The smallest absolute Gasteiger partial charge is 0.269 e. The summed E-state index contributed by atoms with van der Waals surface area (Å²) in [6, 6.07) is 4.41. The number of amides is 1. The third kappa shape index (κ3) is 5.16. The molecule has 1 amide bonds. The Bertz CT molecular complexity index is 576. The third-order valence-electron chi connectivity index (χ3n) is 3.86. The first-order valence-corrected chi connectivity index (χ1v) is 7.95. The van der Waals surface area contributed by atoms with E-state index < -0.39 is 4.92 Å². The molecule has 1 aromatic carbocycles. The molecule has 2 rings (SSSR count). The SMILES string of the molecule is CN(CCC(=O)N1CCNCC1)Cc1cc([N+](=O)[O-])ccc1Cl. The Morgan fingerprint density at radius 2 is 2.13 bits per heavy atom. The normalized spacial score (nSPS) is 15.0. The molecule has 0 aromatic heterocycles. The number of piperazine rings is 1. The highest BCUT2D eigenvalue weighted by atomic mass is 35.5. The lowest BCUT2D eigenvalue weighted by Gasteiger charge is -2.28. The second kappa shape index (κ2) is 8.24. The summed E-state index contributed by atoms with van der Waals surface area (Å²) in [4.78, 5) is 26.3. The van der Waals surface area contributed by atoms with Crippen LogP contribution in [0.2, 0.25) is 5.02 Å². The summed E-state index contributed by atoms with van der Waals surface area (Å²) in [5.74, 6) is 0.142. The van der Waals surface area contributed by atoms with Crippen LogP contribution in [-0.2, 0) is 11.3 Å². The van der Waals surface area contributed by atoms with Crippen LogP contribution in [0.5, 0.6) is 0 Å². The fourth-order valence-electron chi connectivity index (χ4n) is 2.52. The quantitative estimate of drug-likeness (QED) is 0.627. The van der Waals surface area contributed by atoms with Crippen molar-refractivity contribution in [2.45, 2.75) is 13.0 Å². The summed E-state index contributed by atoms with van der Waals surface area (Å²) in [5.41, 5.74) is 0.715. The third-order valence-corrected chi connectivity index (χ3v) is 4.23. The van der Waals surface area contributed by atoms with Crippen LogP contribution in [0.25, 0.3) is 0 Å². The highest BCUT2D eigenvalue weighted by Gasteiger charge is 2.17. The van der Waals surface area contributed by atoms with E-state index in [9.17, 15) is 14.9 Å². The first-order chi connectivity index (χ1) is 11.0. The van der Waals surface area contributed by atoms with Crippen molar-refractivity contribution in [1.82, 2.24) is 15.1 Å². The van der Waals surface area contributed by atoms with Crippen LogP contribution in [0.3, 0.4) is 0 Å². The molecule has 1 heterocycles. The van der Waals surface area contributed by atoms with Gasteiger partial charge in [-0.1, -0.05) is 11.6 Å². The van der Waals surface area contributed by atoms with Crippen molar-refractivity contribution < 1.29 is 9.72 Å². The van der Waals surface area contributed by atoms with Gasteiger partial charge in [0.15, 0.2) is 0 Å². The molecule has 1 saturated heterocycles. The van der Waals surface area contributed by atoms with Crippen molar-refractivity contribution in [2.24, 2.45) is 0 Å². The van der Waals surface area contributed by atoms with Crippen molar-refractivity contribution in [3.05, 3.63) is 38.9 Å². The number of nitro benzene ring substituents is 1. The summed E-state index contributed by atoms with van der Waals surface area (Å²) in [7, 11) is 1.88. The van der Waals surface area contributed by atoms with E-state index in [0.29, 0.717) is 30.1 Å². The van der Waals surface area contributed by atoms with E-state index in [1.165, 1.54) is 18.2 Å². The van der Waals surface area contributed by atoms with Gasteiger partial charge in [-0.3, -0.25) is 14.9 Å². The van der Waals surface area contributed by atoms with E-state index in [-0.39, 0.29) is 11.6 Å². The van der Waals surface area contributed by atoms with Crippen LogP contribution in [-0.4, -0.2) is 60.4 Å². The first kappa shape index (κ1) is 17.7. The number of hydrogen-bond donors (Lipinski definition) is 1. The maximum Gasteiger partial charge on any atom is 0.269 e. The predicted octanol–water partition coefficient (Wildman–Crippen LogP) is 1.50. The van der Waals surface area contributed by atoms with Crippen LogP contribution >= 0.6 is 11.6 Å². The Kier molecular flexibility index (Phi) is 6.32. The number of non-ortho nitro benzene ring substituents is 1. The van der Waals surface area contributed by atoms with Gasteiger partial charge in [-0.05, 0) is 18.7 Å². The maximum atomic E-state index is 12.1. The number of carbonyl (C=O) groups excluding carboxylic acids is 1. The molecule has 1 aliphatic rings. The number of benzene rings is 1. The Hall–Kier alpha value is -1.70. The number of carbonyl (C=O) groups is 1. The van der Waals surface area contributed by atoms with E-state index in [2.05, 4.69) is 5.32 Å². The summed E-state index contributed by atoms with van der Waals surface area (Å²) >= 11 is 6.10. The van der Waals surface area contributed by atoms with Crippen molar-refractivity contribution in [1.29, 1.82) is 0 Å². The first-order valence-electron chi connectivity index (χ1n) is 7.57. The van der Waals surface area contributed by atoms with Crippen molar-refractivity contribution in [2.75, 3.05) is 39.8 Å².